The number of nitrogens with one attached hydrogen (secondary N) is 1. The topological polar surface area (TPSA) is 24.4 Å². The van der Waals surface area contributed by atoms with E-state index in [9.17, 15) is 0 Å². The summed E-state index contributed by atoms with van der Waals surface area (Å²) in [4.78, 5) is 5.91. The van der Waals surface area contributed by atoms with Crippen LogP contribution >= 0.6 is 23.1 Å². The number of para-hydroxylation sites is 1. The Morgan fingerprint density at radius 2 is 2.12 bits per heavy atom. The number of benzene rings is 1. The fourth-order valence-corrected chi connectivity index (χ4v) is 3.21. The highest BCUT2D eigenvalue weighted by Crippen LogP contribution is 2.28. The molecule has 17 heavy (non-hydrogen) atoms. The Morgan fingerprint density at radius 3 is 3.00 bits per heavy atom. The molecule has 0 amide bonds. The molecular formula is C13H12N2S2. The minimum absolute atomic E-state index is 0.773. The van der Waals surface area contributed by atoms with Crippen molar-refractivity contribution >= 4 is 34.0 Å². The Balaban J connectivity index is 1.73. The summed E-state index contributed by atoms with van der Waals surface area (Å²) in [5, 5.41) is 6.49. The molecule has 86 valence electrons. The summed E-state index contributed by atoms with van der Waals surface area (Å²) in [6.07, 6.45) is 0. The maximum Gasteiger partial charge on any atom is 0.161 e. The van der Waals surface area contributed by atoms with Crippen LogP contribution in [-0.4, -0.2) is 5.17 Å². The molecular weight excluding hydrogens is 248 g/mol. The second-order valence-electron chi connectivity index (χ2n) is 3.77. The van der Waals surface area contributed by atoms with Crippen molar-refractivity contribution < 1.29 is 0 Å². The maximum atomic E-state index is 4.60. The monoisotopic (exact) mass is 260 g/mol. The van der Waals surface area contributed by atoms with E-state index in [-0.39, 0.29) is 0 Å². The molecule has 2 aromatic rings. The number of rotatable bonds is 2. The van der Waals surface area contributed by atoms with Gasteiger partial charge < -0.3 is 5.32 Å². The molecule has 0 bridgehead atoms. The van der Waals surface area contributed by atoms with Crippen molar-refractivity contribution in [3.05, 3.63) is 52.2 Å². The summed E-state index contributed by atoms with van der Waals surface area (Å²) in [5.41, 5.74) is 2.55. The zero-order chi connectivity index (χ0) is 11.5. The van der Waals surface area contributed by atoms with Crippen LogP contribution in [0.4, 0.5) is 5.69 Å². The minimum Gasteiger partial charge on any atom is -0.335 e. The number of thiophene rings is 1. The number of fused-ring (bicyclic) bond motifs is 1. The highest BCUT2D eigenvalue weighted by molar-refractivity contribution is 8.13. The van der Waals surface area contributed by atoms with E-state index in [4.69, 9.17) is 0 Å². The predicted molar refractivity (Wildman–Crippen MR) is 76.8 cm³/mol. The molecule has 4 heteroatoms. The summed E-state index contributed by atoms with van der Waals surface area (Å²) < 4.78 is 0. The lowest BCUT2D eigenvalue weighted by atomic mass is 10.2. The molecule has 0 radical (unpaired) electrons. The summed E-state index contributed by atoms with van der Waals surface area (Å²) >= 11 is 3.52. The molecule has 1 N–H and O–H groups in total. The first-order chi connectivity index (χ1) is 8.42. The third kappa shape index (κ3) is 2.53. The molecule has 0 aliphatic carbocycles. The molecule has 2 heterocycles. The third-order valence-electron chi connectivity index (χ3n) is 2.58. The van der Waals surface area contributed by atoms with Gasteiger partial charge in [0.2, 0.25) is 0 Å². The second-order valence-corrected chi connectivity index (χ2v) is 5.77. The van der Waals surface area contributed by atoms with Gasteiger partial charge >= 0.3 is 0 Å². The minimum atomic E-state index is 0.773. The van der Waals surface area contributed by atoms with Crippen LogP contribution in [0.5, 0.6) is 0 Å². The van der Waals surface area contributed by atoms with Crippen LogP contribution in [-0.2, 0) is 12.3 Å². The second kappa shape index (κ2) is 4.94. The van der Waals surface area contributed by atoms with Crippen LogP contribution < -0.4 is 5.32 Å². The number of hydrogen-bond donors (Lipinski definition) is 1. The predicted octanol–water partition coefficient (Wildman–Crippen LogP) is 3.96. The van der Waals surface area contributed by atoms with Crippen molar-refractivity contribution in [1.29, 1.82) is 0 Å². The van der Waals surface area contributed by atoms with E-state index in [0.717, 1.165) is 17.5 Å². The Bertz CT molecular complexity index is 532. The van der Waals surface area contributed by atoms with Crippen molar-refractivity contribution in [1.82, 2.24) is 0 Å². The number of hydrogen-bond acceptors (Lipinski definition) is 3. The van der Waals surface area contributed by atoms with Crippen molar-refractivity contribution in [3.8, 4) is 0 Å². The largest absolute Gasteiger partial charge is 0.335 e. The quantitative estimate of drug-likeness (QED) is 0.883. The number of aliphatic imine (C=N–C) groups is 1. The summed E-state index contributed by atoms with van der Waals surface area (Å²) in [6, 6.07) is 12.6. The molecule has 2 nitrogen and oxygen atoms in total. The first kappa shape index (κ1) is 10.9. The average Bonchev–Trinajstić information content (AvgIpc) is 2.89. The molecule has 1 aliphatic heterocycles. The lowest BCUT2D eigenvalue weighted by molar-refractivity contribution is 1.11. The molecule has 3 rings (SSSR count). The van der Waals surface area contributed by atoms with Gasteiger partial charge in [-0.2, -0.15) is 0 Å². The standard InChI is InChI=1S/C13H12N2S2/c1-2-6-12-10(4-1)9-17-13(15-12)14-8-11-5-3-7-16-11/h1-7H,8-9H2,(H,14,15). The van der Waals surface area contributed by atoms with Crippen molar-refractivity contribution in [2.24, 2.45) is 4.99 Å². The molecule has 0 unspecified atom stereocenters. The third-order valence-corrected chi connectivity index (χ3v) is 4.40. The van der Waals surface area contributed by atoms with Gasteiger partial charge in [0.15, 0.2) is 5.17 Å². The summed E-state index contributed by atoms with van der Waals surface area (Å²) in [7, 11) is 0. The van der Waals surface area contributed by atoms with E-state index in [1.54, 1.807) is 23.1 Å². The van der Waals surface area contributed by atoms with Gasteiger partial charge in [-0.3, -0.25) is 4.99 Å². The maximum absolute atomic E-state index is 4.60. The molecule has 0 spiro atoms. The highest BCUT2D eigenvalue weighted by atomic mass is 32.2. The first-order valence-corrected chi connectivity index (χ1v) is 7.33. The Morgan fingerprint density at radius 1 is 1.18 bits per heavy atom. The van der Waals surface area contributed by atoms with Gasteiger partial charge in [-0.15, -0.1) is 11.3 Å². The Hall–Kier alpha value is -1.26. The Labute approximate surface area is 109 Å². The van der Waals surface area contributed by atoms with Gasteiger partial charge in [0, 0.05) is 16.3 Å². The van der Waals surface area contributed by atoms with Gasteiger partial charge in [0.25, 0.3) is 0 Å². The van der Waals surface area contributed by atoms with E-state index in [2.05, 4.69) is 52.1 Å². The van der Waals surface area contributed by atoms with Crippen LogP contribution in [0.25, 0.3) is 0 Å². The van der Waals surface area contributed by atoms with Crippen molar-refractivity contribution in [2.45, 2.75) is 12.3 Å². The number of amidine groups is 1. The summed E-state index contributed by atoms with van der Waals surface area (Å²) in [6.45, 7) is 0.773. The van der Waals surface area contributed by atoms with E-state index >= 15 is 0 Å². The number of thioether (sulfide) groups is 1. The van der Waals surface area contributed by atoms with Crippen molar-refractivity contribution in [3.63, 3.8) is 0 Å². The van der Waals surface area contributed by atoms with Crippen molar-refractivity contribution in [2.75, 3.05) is 5.32 Å². The van der Waals surface area contributed by atoms with Crippen LogP contribution in [0.15, 0.2) is 46.8 Å². The van der Waals surface area contributed by atoms with Gasteiger partial charge in [0.1, 0.15) is 0 Å². The fraction of sp³-hybridized carbons (Fsp3) is 0.154. The van der Waals surface area contributed by atoms with Crippen LogP contribution in [0.3, 0.4) is 0 Å². The van der Waals surface area contributed by atoms with Gasteiger partial charge in [-0.25, -0.2) is 0 Å². The van der Waals surface area contributed by atoms with Gasteiger partial charge in [-0.05, 0) is 23.1 Å². The molecule has 0 saturated carbocycles. The molecule has 1 aliphatic rings. The van der Waals surface area contributed by atoms with Crippen LogP contribution in [0.1, 0.15) is 10.4 Å². The SMILES string of the molecule is c1csc(CN=C2Nc3ccccc3CS2)c1. The van der Waals surface area contributed by atoms with E-state index in [1.165, 1.54) is 16.1 Å². The average molecular weight is 260 g/mol. The van der Waals surface area contributed by atoms with Crippen LogP contribution in [0, 0.1) is 0 Å². The molecule has 0 saturated heterocycles. The molecule has 0 atom stereocenters. The lowest BCUT2D eigenvalue weighted by Gasteiger charge is -2.18. The normalized spacial score (nSPS) is 16.6. The summed E-state index contributed by atoms with van der Waals surface area (Å²) in [5.74, 6) is 1.01. The zero-order valence-corrected chi connectivity index (χ0v) is 10.9. The number of anilines is 1. The zero-order valence-electron chi connectivity index (χ0n) is 9.22. The van der Waals surface area contributed by atoms with E-state index in [1.807, 2.05) is 0 Å². The molecule has 1 aromatic heterocycles. The van der Waals surface area contributed by atoms with Gasteiger partial charge in [0.05, 0.1) is 6.54 Å². The lowest BCUT2D eigenvalue weighted by Crippen LogP contribution is -2.14. The Kier molecular flexibility index (Phi) is 3.16. The first-order valence-electron chi connectivity index (χ1n) is 5.46. The number of nitrogens with zero attached hydrogens (tertiary/aromatic N) is 1. The highest BCUT2D eigenvalue weighted by Gasteiger charge is 2.12. The van der Waals surface area contributed by atoms with E-state index in [0.29, 0.717) is 0 Å². The van der Waals surface area contributed by atoms with Crippen LogP contribution in [0.2, 0.25) is 0 Å². The van der Waals surface area contributed by atoms with E-state index < -0.39 is 0 Å². The molecule has 0 fully saturated rings. The molecule has 1 aromatic carbocycles. The fourth-order valence-electron chi connectivity index (χ4n) is 1.70. The smallest absolute Gasteiger partial charge is 0.161 e. The van der Waals surface area contributed by atoms with Gasteiger partial charge in [-0.1, -0.05) is 36.0 Å².